The second-order valence-corrected chi connectivity index (χ2v) is 14.9. The number of aryl methyl sites for hydroxylation is 1. The zero-order valence-electron chi connectivity index (χ0n) is 28.1. The van der Waals surface area contributed by atoms with Crippen LogP contribution in [0, 0.1) is 12.7 Å². The summed E-state index contributed by atoms with van der Waals surface area (Å²) in [6.45, 7) is 11.7. The van der Waals surface area contributed by atoms with Crippen LogP contribution in [-0.4, -0.2) is 80.5 Å². The minimum atomic E-state index is -0.752. The Labute approximate surface area is 283 Å². The number of ketones is 1. The number of piperazine rings is 1. The van der Waals surface area contributed by atoms with E-state index < -0.39 is 52.9 Å². The largest absolute Gasteiger partial charge is 0.497 e. The highest BCUT2D eigenvalue weighted by Crippen LogP contribution is 2.51. The van der Waals surface area contributed by atoms with Gasteiger partial charge in [-0.15, -0.1) is 0 Å². The molecule has 0 spiro atoms. The predicted molar refractivity (Wildman–Crippen MR) is 176 cm³/mol. The normalized spacial score (nSPS) is 26.5. The summed E-state index contributed by atoms with van der Waals surface area (Å²) in [6, 6.07) is 5.81. The van der Waals surface area contributed by atoms with Crippen molar-refractivity contribution in [2.45, 2.75) is 103 Å². The summed E-state index contributed by atoms with van der Waals surface area (Å²) in [5.41, 5.74) is 0.340. The minimum absolute atomic E-state index is 0.107. The van der Waals surface area contributed by atoms with Crippen molar-refractivity contribution in [1.29, 1.82) is 0 Å². The number of amides is 2. The number of anilines is 1. The Morgan fingerprint density at radius 1 is 1.17 bits per heavy atom. The number of rotatable bonds is 4. The number of halogens is 2. The molecule has 5 atom stereocenters. The van der Waals surface area contributed by atoms with Crippen molar-refractivity contribution in [3.63, 3.8) is 0 Å². The van der Waals surface area contributed by atoms with E-state index in [9.17, 15) is 14.4 Å². The molecule has 13 heteroatoms. The van der Waals surface area contributed by atoms with Gasteiger partial charge in [-0.25, -0.2) is 14.2 Å². The van der Waals surface area contributed by atoms with E-state index >= 15 is 4.39 Å². The van der Waals surface area contributed by atoms with Gasteiger partial charge >= 0.3 is 6.09 Å². The Morgan fingerprint density at radius 3 is 2.54 bits per heavy atom. The number of carbonyl (C=O) groups excluding carboxylic acids is 3. The van der Waals surface area contributed by atoms with Crippen LogP contribution >= 0.6 is 11.6 Å². The quantitative estimate of drug-likeness (QED) is 0.245. The molecule has 0 saturated carbocycles. The van der Waals surface area contributed by atoms with E-state index in [1.165, 1.54) is 4.90 Å². The van der Waals surface area contributed by atoms with Crippen LogP contribution in [-0.2, 0) is 20.9 Å². The number of aromatic nitrogens is 2. The first-order valence-electron chi connectivity index (χ1n) is 16.2. The summed E-state index contributed by atoms with van der Waals surface area (Å²) in [5, 5.41) is 0.202. The molecular formula is C35H39ClFN5O6. The lowest BCUT2D eigenvalue weighted by Gasteiger charge is -2.52. The summed E-state index contributed by atoms with van der Waals surface area (Å²) in [4.78, 5) is 55.0. The lowest BCUT2D eigenvalue weighted by molar-refractivity contribution is -0.140. The number of benzene rings is 1. The second kappa shape index (κ2) is 11.2. The molecule has 4 aliphatic heterocycles. The number of likely N-dealkylation sites (tertiary alicyclic amines) is 1. The Morgan fingerprint density at radius 2 is 1.88 bits per heavy atom. The summed E-state index contributed by atoms with van der Waals surface area (Å²) < 4.78 is 33.8. The van der Waals surface area contributed by atoms with Gasteiger partial charge in [0.15, 0.2) is 11.0 Å². The molecule has 3 fully saturated rings. The fraction of sp³-hybridized carbons (Fsp3) is 0.514. The summed E-state index contributed by atoms with van der Waals surface area (Å²) in [5.74, 6) is -0.653. The van der Waals surface area contributed by atoms with E-state index in [1.54, 1.807) is 26.2 Å². The molecule has 254 valence electrons. The average Bonchev–Trinajstić information content (AvgIpc) is 3.39. The van der Waals surface area contributed by atoms with Gasteiger partial charge in [0.2, 0.25) is 11.7 Å². The van der Waals surface area contributed by atoms with Gasteiger partial charge in [-0.2, -0.15) is 4.98 Å². The van der Waals surface area contributed by atoms with Crippen molar-refractivity contribution < 1.29 is 33.0 Å². The van der Waals surface area contributed by atoms with Crippen molar-refractivity contribution >= 4 is 46.0 Å². The molecule has 3 saturated heterocycles. The topological polar surface area (TPSA) is 114 Å². The molecule has 2 aromatic heterocycles. The maximum Gasteiger partial charge on any atom is 0.411 e. The van der Waals surface area contributed by atoms with Crippen LogP contribution < -0.4 is 14.4 Å². The number of nitrogens with zero attached hydrogens (tertiary/aromatic N) is 5. The van der Waals surface area contributed by atoms with Crippen LogP contribution in [0.5, 0.6) is 11.6 Å². The molecule has 2 bridgehead atoms. The van der Waals surface area contributed by atoms with Crippen molar-refractivity contribution in [3.8, 4) is 11.6 Å². The molecule has 4 aliphatic rings. The maximum atomic E-state index is 16.2. The first-order chi connectivity index (χ1) is 22.6. The van der Waals surface area contributed by atoms with Crippen LogP contribution in [0.2, 0.25) is 5.15 Å². The molecule has 0 aliphatic carbocycles. The van der Waals surface area contributed by atoms with Gasteiger partial charge in [0.05, 0.1) is 41.9 Å². The Kier molecular flexibility index (Phi) is 7.54. The van der Waals surface area contributed by atoms with E-state index in [0.29, 0.717) is 41.2 Å². The summed E-state index contributed by atoms with van der Waals surface area (Å²) >= 11 is 6.41. The van der Waals surface area contributed by atoms with E-state index in [0.717, 1.165) is 12.0 Å². The number of Topliss-reactive ketones (excluding diaryl/α,β-unsaturated/α-hetero) is 1. The van der Waals surface area contributed by atoms with Crippen LogP contribution in [0.1, 0.15) is 76.7 Å². The minimum Gasteiger partial charge on any atom is -0.497 e. The fourth-order valence-electron chi connectivity index (χ4n) is 8.06. The predicted octanol–water partition coefficient (Wildman–Crippen LogP) is 5.91. The fourth-order valence-corrected chi connectivity index (χ4v) is 8.24. The van der Waals surface area contributed by atoms with Crippen molar-refractivity contribution in [2.75, 3.05) is 18.6 Å². The number of hydrogen-bond acceptors (Lipinski definition) is 9. The molecule has 1 unspecified atom stereocenters. The SMILES string of the molecule is COc1ccc(CN2C(=O)C(=O)CC2c2nc3c4c(nc(Cl)c(F)c4c2C)O[C@@H](C)[C@@H]2[C@@H]4CC[C@](C)(CN32)N4C(=O)OC(C)(C)C)cc1. The molecule has 11 nitrogen and oxygen atoms in total. The number of ether oxygens (including phenoxy) is 3. The first-order valence-corrected chi connectivity index (χ1v) is 16.6. The third kappa shape index (κ3) is 5.02. The highest BCUT2D eigenvalue weighted by molar-refractivity contribution is 6.38. The summed E-state index contributed by atoms with van der Waals surface area (Å²) in [7, 11) is 1.57. The molecule has 6 heterocycles. The first kappa shape index (κ1) is 32.4. The van der Waals surface area contributed by atoms with Crippen LogP contribution in [0.4, 0.5) is 15.0 Å². The van der Waals surface area contributed by atoms with Gasteiger partial charge in [0.25, 0.3) is 5.91 Å². The number of methoxy groups -OCH3 is 1. The van der Waals surface area contributed by atoms with Gasteiger partial charge in [-0.3, -0.25) is 14.5 Å². The smallest absolute Gasteiger partial charge is 0.411 e. The van der Waals surface area contributed by atoms with Crippen molar-refractivity contribution in [3.05, 3.63) is 52.1 Å². The van der Waals surface area contributed by atoms with E-state index in [1.807, 2.05) is 51.7 Å². The number of carbonyl (C=O) groups is 3. The molecular weight excluding hydrogens is 641 g/mol. The number of pyridine rings is 2. The zero-order valence-corrected chi connectivity index (χ0v) is 28.9. The second-order valence-electron chi connectivity index (χ2n) is 14.5. The standard InChI is InChI=1S/C35H39ClFN5O6/c1-17-24-25-30(38-27(17)22-14-23(43)32(44)40(22)15-19-8-10-20(46-7)11-9-19)41-16-35(6)13-12-21(42(35)33(45)48-34(3,4)5)28(41)18(2)47-31(25)39-29(36)26(24)37/h8-11,18,21-22,28H,12-16H2,1-7H3/t18-,21-,22?,28+,35+/m0/s1. The van der Waals surface area contributed by atoms with Crippen LogP contribution in [0.25, 0.3) is 10.8 Å². The lowest BCUT2D eigenvalue weighted by atomic mass is 9.93. The van der Waals surface area contributed by atoms with Gasteiger partial charge in [0, 0.05) is 24.9 Å². The Hall–Kier alpha value is -4.19. The molecule has 1 aromatic carbocycles. The van der Waals surface area contributed by atoms with E-state index in [4.69, 9.17) is 30.8 Å². The lowest BCUT2D eigenvalue weighted by Crippen LogP contribution is -2.69. The van der Waals surface area contributed by atoms with Gasteiger partial charge < -0.3 is 24.0 Å². The third-order valence-electron chi connectivity index (χ3n) is 10.2. The highest BCUT2D eigenvalue weighted by atomic mass is 35.5. The van der Waals surface area contributed by atoms with Gasteiger partial charge in [-0.1, -0.05) is 23.7 Å². The van der Waals surface area contributed by atoms with Gasteiger partial charge in [0.1, 0.15) is 23.3 Å². The van der Waals surface area contributed by atoms with E-state index in [2.05, 4.69) is 9.88 Å². The van der Waals surface area contributed by atoms with Crippen molar-refractivity contribution in [1.82, 2.24) is 19.8 Å². The monoisotopic (exact) mass is 679 g/mol. The highest BCUT2D eigenvalue weighted by Gasteiger charge is 2.59. The molecule has 0 N–H and O–H groups in total. The molecule has 0 radical (unpaired) electrons. The van der Waals surface area contributed by atoms with Crippen LogP contribution in [0.3, 0.4) is 0 Å². The van der Waals surface area contributed by atoms with Gasteiger partial charge in [-0.05, 0) is 77.6 Å². The zero-order chi connectivity index (χ0) is 34.4. The molecule has 3 aromatic rings. The number of hydrogen-bond donors (Lipinski definition) is 0. The molecule has 7 rings (SSSR count). The summed E-state index contributed by atoms with van der Waals surface area (Å²) in [6.07, 6.45) is 0.420. The third-order valence-corrected chi connectivity index (χ3v) is 10.4. The molecule has 48 heavy (non-hydrogen) atoms. The number of fused-ring (bicyclic) bond motifs is 5. The van der Waals surface area contributed by atoms with Crippen molar-refractivity contribution in [2.24, 2.45) is 0 Å². The maximum absolute atomic E-state index is 16.2. The van der Waals surface area contributed by atoms with E-state index in [-0.39, 0.29) is 35.4 Å². The Balaban J connectivity index is 1.38. The Bertz CT molecular complexity index is 1870. The molecule has 2 amide bonds. The average molecular weight is 680 g/mol. The van der Waals surface area contributed by atoms with Crippen LogP contribution in [0.15, 0.2) is 24.3 Å².